The molecule has 2 N–H and O–H groups in total. The Kier molecular flexibility index (Phi) is 5.47. The summed E-state index contributed by atoms with van der Waals surface area (Å²) >= 11 is 0. The molecule has 0 aliphatic heterocycles. The molecule has 1 unspecified atom stereocenters. The first-order chi connectivity index (χ1) is 14.8. The molecule has 3 heterocycles. The summed E-state index contributed by atoms with van der Waals surface area (Å²) in [5, 5.41) is 2.29. The van der Waals surface area contributed by atoms with Gasteiger partial charge in [0.1, 0.15) is 5.58 Å². The highest BCUT2D eigenvalue weighted by atomic mass is 16.3. The maximum Gasteiger partial charge on any atom is 0.158 e. The predicted molar refractivity (Wildman–Crippen MR) is 120 cm³/mol. The van der Waals surface area contributed by atoms with E-state index in [2.05, 4.69) is 35.2 Å². The molecule has 3 aromatic heterocycles. The zero-order valence-corrected chi connectivity index (χ0v) is 17.3. The van der Waals surface area contributed by atoms with Crippen LogP contribution in [0.2, 0.25) is 0 Å². The summed E-state index contributed by atoms with van der Waals surface area (Å²) < 4.78 is 6.24. The van der Waals surface area contributed by atoms with Crippen LogP contribution >= 0.6 is 0 Å². The van der Waals surface area contributed by atoms with Crippen molar-refractivity contribution in [3.63, 3.8) is 0 Å². The van der Waals surface area contributed by atoms with Gasteiger partial charge in [-0.25, -0.2) is 0 Å². The van der Waals surface area contributed by atoms with Crippen molar-refractivity contribution in [1.29, 1.82) is 0 Å². The Morgan fingerprint density at radius 1 is 1.00 bits per heavy atom. The summed E-state index contributed by atoms with van der Waals surface area (Å²) in [6.07, 6.45) is 9.37. The van der Waals surface area contributed by atoms with Gasteiger partial charge in [0.25, 0.3) is 0 Å². The zero-order valence-electron chi connectivity index (χ0n) is 17.3. The second kappa shape index (κ2) is 8.54. The molecule has 5 heteroatoms. The second-order valence-corrected chi connectivity index (χ2v) is 8.15. The molecule has 0 fully saturated rings. The van der Waals surface area contributed by atoms with Crippen molar-refractivity contribution in [2.75, 3.05) is 13.1 Å². The van der Waals surface area contributed by atoms with Crippen LogP contribution in [0.15, 0.2) is 59.3 Å². The number of benzene rings is 1. The molecule has 0 saturated carbocycles. The molecule has 1 aliphatic carbocycles. The number of rotatable bonds is 7. The molecule has 4 aromatic rings. The van der Waals surface area contributed by atoms with E-state index in [0.29, 0.717) is 6.04 Å². The quantitative estimate of drug-likeness (QED) is 0.442. The van der Waals surface area contributed by atoms with Gasteiger partial charge >= 0.3 is 0 Å². The molecule has 0 spiro atoms. The van der Waals surface area contributed by atoms with Gasteiger partial charge < -0.3 is 10.2 Å². The summed E-state index contributed by atoms with van der Waals surface area (Å²) in [6.45, 7) is 2.46. The minimum Gasteiger partial charge on any atom is -0.454 e. The average molecular weight is 401 g/mol. The van der Waals surface area contributed by atoms with Crippen LogP contribution in [-0.4, -0.2) is 28.0 Å². The van der Waals surface area contributed by atoms with Crippen molar-refractivity contribution in [3.05, 3.63) is 71.8 Å². The lowest BCUT2D eigenvalue weighted by Crippen LogP contribution is -2.33. The summed E-state index contributed by atoms with van der Waals surface area (Å²) in [4.78, 5) is 12.1. The first kappa shape index (κ1) is 19.2. The molecule has 1 aliphatic rings. The van der Waals surface area contributed by atoms with Crippen LogP contribution in [0.25, 0.3) is 21.9 Å². The number of hydrogen-bond acceptors (Lipinski definition) is 5. The molecule has 5 rings (SSSR count). The number of furan rings is 1. The molecule has 0 amide bonds. The summed E-state index contributed by atoms with van der Waals surface area (Å²) in [6, 6.07) is 14.9. The summed E-state index contributed by atoms with van der Waals surface area (Å²) in [5.74, 6) is 0. The highest BCUT2D eigenvalue weighted by Crippen LogP contribution is 2.35. The molecule has 5 nitrogen and oxygen atoms in total. The zero-order chi connectivity index (χ0) is 20.3. The van der Waals surface area contributed by atoms with Crippen molar-refractivity contribution < 1.29 is 4.42 Å². The number of unbranched alkanes of at least 4 members (excludes halogenated alkanes) is 1. The Bertz CT molecular complexity index is 1150. The number of fused-ring (bicyclic) bond motifs is 4. The van der Waals surface area contributed by atoms with Crippen LogP contribution in [0.1, 0.15) is 48.7 Å². The van der Waals surface area contributed by atoms with Gasteiger partial charge in [-0.05, 0) is 69.0 Å². The summed E-state index contributed by atoms with van der Waals surface area (Å²) in [7, 11) is 0. The van der Waals surface area contributed by atoms with E-state index in [0.717, 1.165) is 72.9 Å². The van der Waals surface area contributed by atoms with Crippen molar-refractivity contribution >= 4 is 21.9 Å². The van der Waals surface area contributed by atoms with E-state index >= 15 is 0 Å². The van der Waals surface area contributed by atoms with Crippen LogP contribution < -0.4 is 5.73 Å². The normalized spacial score (nSPS) is 16.4. The number of nitrogens with zero attached hydrogens (tertiary/aromatic N) is 3. The van der Waals surface area contributed by atoms with Crippen LogP contribution in [0.5, 0.6) is 0 Å². The molecular weight excluding hydrogens is 372 g/mol. The Morgan fingerprint density at radius 3 is 2.87 bits per heavy atom. The van der Waals surface area contributed by atoms with E-state index in [1.54, 1.807) is 0 Å². The number of hydrogen-bond donors (Lipinski definition) is 1. The first-order valence-electron chi connectivity index (χ1n) is 11.0. The van der Waals surface area contributed by atoms with E-state index in [4.69, 9.17) is 20.1 Å². The minimum atomic E-state index is 0.314. The maximum absolute atomic E-state index is 6.24. The van der Waals surface area contributed by atoms with Crippen molar-refractivity contribution in [3.8, 4) is 0 Å². The summed E-state index contributed by atoms with van der Waals surface area (Å²) in [5.41, 5.74) is 11.2. The van der Waals surface area contributed by atoms with E-state index in [1.807, 2.05) is 24.5 Å². The third-order valence-electron chi connectivity index (χ3n) is 6.23. The van der Waals surface area contributed by atoms with Crippen LogP contribution in [0.3, 0.4) is 0 Å². The third-order valence-corrected chi connectivity index (χ3v) is 6.23. The van der Waals surface area contributed by atoms with Crippen LogP contribution in [0, 0.1) is 0 Å². The number of aryl methyl sites for hydroxylation is 1. The van der Waals surface area contributed by atoms with Gasteiger partial charge in [-0.3, -0.25) is 14.9 Å². The van der Waals surface area contributed by atoms with Gasteiger partial charge in [0.15, 0.2) is 5.58 Å². The Labute approximate surface area is 176 Å². The number of pyridine rings is 2. The standard InChI is InChI=1S/C25H28N4O/c26-13-3-4-16-29(22-10-5-7-18-8-6-14-28-24(18)22)17-21-25-20(12-15-27-21)19-9-1-2-11-23(19)30-25/h1-2,6,8-9,11-12,14-15,22H,3-5,7,10,13,16-17,26H2. The molecule has 1 atom stereocenters. The van der Waals surface area contributed by atoms with E-state index < -0.39 is 0 Å². The fourth-order valence-corrected chi connectivity index (χ4v) is 4.76. The lowest BCUT2D eigenvalue weighted by Gasteiger charge is -2.35. The van der Waals surface area contributed by atoms with Crippen molar-refractivity contribution in [1.82, 2.24) is 14.9 Å². The molecule has 30 heavy (non-hydrogen) atoms. The minimum absolute atomic E-state index is 0.314. The van der Waals surface area contributed by atoms with Gasteiger partial charge in [-0.15, -0.1) is 0 Å². The topological polar surface area (TPSA) is 68.2 Å². The lowest BCUT2D eigenvalue weighted by atomic mass is 9.90. The van der Waals surface area contributed by atoms with Crippen LogP contribution in [0.4, 0.5) is 0 Å². The highest BCUT2D eigenvalue weighted by Gasteiger charge is 2.28. The molecule has 1 aromatic carbocycles. The molecular formula is C25H28N4O. The van der Waals surface area contributed by atoms with Crippen molar-refractivity contribution in [2.24, 2.45) is 5.73 Å². The van der Waals surface area contributed by atoms with Gasteiger partial charge in [-0.2, -0.15) is 0 Å². The molecule has 0 bridgehead atoms. The Morgan fingerprint density at radius 2 is 1.93 bits per heavy atom. The lowest BCUT2D eigenvalue weighted by molar-refractivity contribution is 0.161. The third kappa shape index (κ3) is 3.59. The van der Waals surface area contributed by atoms with Crippen LogP contribution in [-0.2, 0) is 13.0 Å². The number of aromatic nitrogens is 2. The SMILES string of the molecule is NCCCCN(Cc1nccc2c1oc1ccccc12)C1CCCc2cccnc21. The van der Waals surface area contributed by atoms with Gasteiger partial charge in [0, 0.05) is 29.7 Å². The fourth-order valence-electron chi connectivity index (χ4n) is 4.76. The molecule has 0 saturated heterocycles. The van der Waals surface area contributed by atoms with E-state index in [9.17, 15) is 0 Å². The van der Waals surface area contributed by atoms with Gasteiger partial charge in [0.05, 0.1) is 17.4 Å². The maximum atomic E-state index is 6.24. The van der Waals surface area contributed by atoms with E-state index in [1.165, 1.54) is 17.7 Å². The average Bonchev–Trinajstić information content (AvgIpc) is 3.18. The predicted octanol–water partition coefficient (Wildman–Crippen LogP) is 4.99. The van der Waals surface area contributed by atoms with Gasteiger partial charge in [-0.1, -0.05) is 24.3 Å². The molecule has 0 radical (unpaired) electrons. The first-order valence-corrected chi connectivity index (χ1v) is 11.0. The Balaban J connectivity index is 1.52. The monoisotopic (exact) mass is 400 g/mol. The van der Waals surface area contributed by atoms with Crippen molar-refractivity contribution in [2.45, 2.75) is 44.7 Å². The smallest absolute Gasteiger partial charge is 0.158 e. The fraction of sp³-hybridized carbons (Fsp3) is 0.360. The highest BCUT2D eigenvalue weighted by molar-refractivity contribution is 6.05. The molecule has 154 valence electrons. The Hall–Kier alpha value is -2.76. The van der Waals surface area contributed by atoms with E-state index in [-0.39, 0.29) is 0 Å². The number of nitrogens with two attached hydrogens (primary N) is 1. The largest absolute Gasteiger partial charge is 0.454 e. The number of para-hydroxylation sites is 1. The second-order valence-electron chi connectivity index (χ2n) is 8.15. The van der Waals surface area contributed by atoms with Gasteiger partial charge in [0.2, 0.25) is 0 Å².